The first-order valence-corrected chi connectivity index (χ1v) is 11.8. The maximum absolute atomic E-state index is 13.1. The topological polar surface area (TPSA) is 58.6 Å². The molecule has 160 valence electrons. The van der Waals surface area contributed by atoms with Crippen molar-refractivity contribution < 1.29 is 14.3 Å². The summed E-state index contributed by atoms with van der Waals surface area (Å²) in [7, 11) is 0. The Morgan fingerprint density at radius 3 is 2.28 bits per heavy atom. The number of carbonyl (C=O) groups is 2. The third-order valence-corrected chi connectivity index (χ3v) is 6.23. The van der Waals surface area contributed by atoms with E-state index in [1.165, 1.54) is 8.47 Å². The molecule has 32 heavy (non-hydrogen) atoms. The van der Waals surface area contributed by atoms with Crippen molar-refractivity contribution in [2.75, 3.05) is 4.90 Å². The second-order valence-corrected chi connectivity index (χ2v) is 9.47. The highest BCUT2D eigenvalue weighted by atomic mass is 127. The van der Waals surface area contributed by atoms with Crippen LogP contribution in [0.3, 0.4) is 0 Å². The Morgan fingerprint density at radius 1 is 0.969 bits per heavy atom. The molecule has 5 nitrogen and oxygen atoms in total. The fourth-order valence-corrected chi connectivity index (χ4v) is 3.96. The normalized spacial score (nSPS) is 15.1. The van der Waals surface area contributed by atoms with E-state index in [2.05, 4.69) is 43.8 Å². The van der Waals surface area contributed by atoms with Crippen LogP contribution in [0.15, 0.2) is 82.8 Å². The maximum Gasteiger partial charge on any atom is 0.270 e. The number of thiocarbonyl (C=S) groups is 1. The molecule has 0 unspecified atom stereocenters. The molecule has 0 radical (unpaired) electrons. The zero-order valence-corrected chi connectivity index (χ0v) is 21.1. The van der Waals surface area contributed by atoms with E-state index in [-0.39, 0.29) is 10.7 Å². The SMILES string of the molecule is O=C1NC(=S)N(c2ccc(Br)cc2)C(=O)/C1=C/c1ccc(OCc2ccc(I)cc2)cc1. The van der Waals surface area contributed by atoms with Crippen molar-refractivity contribution in [2.45, 2.75) is 6.61 Å². The number of hydrogen-bond donors (Lipinski definition) is 1. The lowest BCUT2D eigenvalue weighted by Gasteiger charge is -2.29. The van der Waals surface area contributed by atoms with Crippen molar-refractivity contribution in [3.63, 3.8) is 0 Å². The van der Waals surface area contributed by atoms with E-state index in [4.69, 9.17) is 17.0 Å². The highest BCUT2D eigenvalue weighted by Crippen LogP contribution is 2.24. The second-order valence-electron chi connectivity index (χ2n) is 6.92. The Bertz CT molecular complexity index is 1210. The first-order chi connectivity index (χ1) is 15.4. The number of nitrogens with one attached hydrogen (secondary N) is 1. The fourth-order valence-electron chi connectivity index (χ4n) is 3.06. The zero-order chi connectivity index (χ0) is 22.7. The molecule has 1 N–H and O–H groups in total. The van der Waals surface area contributed by atoms with E-state index in [1.54, 1.807) is 54.6 Å². The average Bonchev–Trinajstić information content (AvgIpc) is 2.78. The van der Waals surface area contributed by atoms with E-state index in [0.717, 1.165) is 10.0 Å². The maximum atomic E-state index is 13.1. The quantitative estimate of drug-likeness (QED) is 0.179. The van der Waals surface area contributed by atoms with Crippen LogP contribution in [0.2, 0.25) is 0 Å². The summed E-state index contributed by atoms with van der Waals surface area (Å²) < 4.78 is 7.87. The molecule has 0 saturated carbocycles. The van der Waals surface area contributed by atoms with Crippen LogP contribution in [0, 0.1) is 3.57 Å². The predicted octanol–water partition coefficient (Wildman–Crippen LogP) is 5.46. The molecule has 0 atom stereocenters. The van der Waals surface area contributed by atoms with Gasteiger partial charge in [-0.3, -0.25) is 19.8 Å². The molecule has 8 heteroatoms. The molecule has 1 fully saturated rings. The number of ether oxygens (including phenoxy) is 1. The minimum absolute atomic E-state index is 0.00840. The predicted molar refractivity (Wildman–Crippen MR) is 140 cm³/mol. The largest absolute Gasteiger partial charge is 0.489 e. The van der Waals surface area contributed by atoms with Crippen molar-refractivity contribution in [2.24, 2.45) is 0 Å². The Kier molecular flexibility index (Phi) is 7.02. The van der Waals surface area contributed by atoms with E-state index in [0.29, 0.717) is 23.6 Å². The summed E-state index contributed by atoms with van der Waals surface area (Å²) in [5, 5.41) is 2.64. The molecule has 1 heterocycles. The van der Waals surface area contributed by atoms with E-state index >= 15 is 0 Å². The van der Waals surface area contributed by atoms with Gasteiger partial charge in [-0.2, -0.15) is 0 Å². The van der Waals surface area contributed by atoms with Crippen LogP contribution in [0.4, 0.5) is 5.69 Å². The number of halogens is 2. The van der Waals surface area contributed by atoms with Gasteiger partial charge in [0.15, 0.2) is 5.11 Å². The van der Waals surface area contributed by atoms with Gasteiger partial charge in [-0.25, -0.2) is 0 Å². The monoisotopic (exact) mass is 618 g/mol. The molecule has 3 aromatic carbocycles. The number of carbonyl (C=O) groups excluding carboxylic acids is 2. The number of nitrogens with zero attached hydrogens (tertiary/aromatic N) is 1. The Labute approximate surface area is 212 Å². The molecule has 1 saturated heterocycles. The van der Waals surface area contributed by atoms with E-state index in [1.807, 2.05) is 24.3 Å². The minimum Gasteiger partial charge on any atom is -0.489 e. The lowest BCUT2D eigenvalue weighted by molar-refractivity contribution is -0.122. The Hall–Kier alpha value is -2.56. The lowest BCUT2D eigenvalue weighted by atomic mass is 10.1. The highest BCUT2D eigenvalue weighted by Gasteiger charge is 2.34. The standard InChI is InChI=1S/C24H16BrIN2O3S/c25-17-5-9-19(10-6-17)28-23(30)21(22(29)27-24(28)32)13-15-3-11-20(12-4-15)31-14-16-1-7-18(26)8-2-16/h1-13H,14H2,(H,27,29,32)/b21-13+. The number of benzene rings is 3. The van der Waals surface area contributed by atoms with Gasteiger partial charge in [0.2, 0.25) is 0 Å². The first kappa shape index (κ1) is 22.6. The molecule has 1 aliphatic heterocycles. The molecule has 0 spiro atoms. The van der Waals surface area contributed by atoms with Gasteiger partial charge in [-0.05, 0) is 101 Å². The van der Waals surface area contributed by atoms with Crippen molar-refractivity contribution in [3.05, 3.63) is 97.5 Å². The lowest BCUT2D eigenvalue weighted by Crippen LogP contribution is -2.54. The van der Waals surface area contributed by atoms with Crippen LogP contribution in [-0.2, 0) is 16.2 Å². The number of hydrogen-bond acceptors (Lipinski definition) is 4. The molecule has 0 aliphatic carbocycles. The van der Waals surface area contributed by atoms with Gasteiger partial charge in [0.05, 0.1) is 5.69 Å². The van der Waals surface area contributed by atoms with Crippen LogP contribution in [0.1, 0.15) is 11.1 Å². The number of rotatable bonds is 5. The molecular weight excluding hydrogens is 603 g/mol. The van der Waals surface area contributed by atoms with Gasteiger partial charge in [0.25, 0.3) is 11.8 Å². The average molecular weight is 619 g/mol. The summed E-state index contributed by atoms with van der Waals surface area (Å²) in [6.45, 7) is 0.456. The minimum atomic E-state index is -0.521. The molecule has 0 bridgehead atoms. The molecule has 1 aliphatic rings. The first-order valence-electron chi connectivity index (χ1n) is 9.55. The number of anilines is 1. The molecule has 4 rings (SSSR count). The number of amides is 2. The third kappa shape index (κ3) is 5.25. The van der Waals surface area contributed by atoms with Crippen LogP contribution in [0.25, 0.3) is 6.08 Å². The van der Waals surface area contributed by atoms with Gasteiger partial charge >= 0.3 is 0 Å². The summed E-state index contributed by atoms with van der Waals surface area (Å²) in [6, 6.07) is 22.4. The Morgan fingerprint density at radius 2 is 1.62 bits per heavy atom. The van der Waals surface area contributed by atoms with Crippen LogP contribution in [0.5, 0.6) is 5.75 Å². The summed E-state index contributed by atoms with van der Waals surface area (Å²) in [5.74, 6) is -0.296. The molecule has 2 amide bonds. The Balaban J connectivity index is 1.50. The smallest absolute Gasteiger partial charge is 0.270 e. The summed E-state index contributed by atoms with van der Waals surface area (Å²) >= 11 is 10.9. The van der Waals surface area contributed by atoms with Crippen LogP contribution < -0.4 is 15.0 Å². The summed E-state index contributed by atoms with van der Waals surface area (Å²) in [6.07, 6.45) is 1.55. The summed E-state index contributed by atoms with van der Waals surface area (Å²) in [4.78, 5) is 26.8. The molecule has 3 aromatic rings. The highest BCUT2D eigenvalue weighted by molar-refractivity contribution is 14.1. The van der Waals surface area contributed by atoms with Gasteiger partial charge in [-0.1, -0.05) is 40.2 Å². The van der Waals surface area contributed by atoms with Crippen LogP contribution in [-0.4, -0.2) is 16.9 Å². The second kappa shape index (κ2) is 9.93. The van der Waals surface area contributed by atoms with E-state index in [9.17, 15) is 9.59 Å². The van der Waals surface area contributed by atoms with Gasteiger partial charge in [0, 0.05) is 8.04 Å². The molecule has 0 aromatic heterocycles. The summed E-state index contributed by atoms with van der Waals surface area (Å²) in [5.41, 5.74) is 2.36. The van der Waals surface area contributed by atoms with Crippen molar-refractivity contribution >= 4 is 79.4 Å². The third-order valence-electron chi connectivity index (χ3n) is 4.70. The van der Waals surface area contributed by atoms with Gasteiger partial charge < -0.3 is 4.74 Å². The van der Waals surface area contributed by atoms with Crippen molar-refractivity contribution in [3.8, 4) is 5.75 Å². The zero-order valence-electron chi connectivity index (χ0n) is 16.5. The molecular formula is C24H16BrIN2O3S. The van der Waals surface area contributed by atoms with Crippen molar-refractivity contribution in [1.29, 1.82) is 0 Å². The van der Waals surface area contributed by atoms with Crippen molar-refractivity contribution in [1.82, 2.24) is 5.32 Å². The van der Waals surface area contributed by atoms with Gasteiger partial charge in [0.1, 0.15) is 17.9 Å². The van der Waals surface area contributed by atoms with Crippen LogP contribution >= 0.6 is 50.7 Å². The fraction of sp³-hybridized carbons (Fsp3) is 0.0417. The van der Waals surface area contributed by atoms with Gasteiger partial charge in [-0.15, -0.1) is 0 Å². The van der Waals surface area contributed by atoms with E-state index < -0.39 is 11.8 Å².